The summed E-state index contributed by atoms with van der Waals surface area (Å²) >= 11 is 3.15. The van der Waals surface area contributed by atoms with Gasteiger partial charge in [0.1, 0.15) is 25.4 Å². The molecule has 0 radical (unpaired) electrons. The number of ether oxygens (including phenoxy) is 2. The first kappa shape index (κ1) is 19.8. The van der Waals surface area contributed by atoms with Crippen molar-refractivity contribution < 1.29 is 26.5 Å². The van der Waals surface area contributed by atoms with Crippen LogP contribution in [-0.2, 0) is 14.3 Å². The number of hydrogen-bond acceptors (Lipinski definition) is 8. The largest absolute Gasteiger partial charge is 0.486 e. The van der Waals surface area contributed by atoms with Gasteiger partial charge in [0.05, 0.1) is 21.9 Å². The van der Waals surface area contributed by atoms with Crippen LogP contribution in [0.15, 0.2) is 41.1 Å². The summed E-state index contributed by atoms with van der Waals surface area (Å²) in [5.74, 6) is 0.785. The Morgan fingerprint density at radius 3 is 2.93 bits per heavy atom. The highest BCUT2D eigenvalue weighted by Crippen LogP contribution is 2.38. The minimum Gasteiger partial charge on any atom is -0.486 e. The molecule has 29 heavy (non-hydrogen) atoms. The van der Waals surface area contributed by atoms with E-state index in [9.17, 15) is 12.8 Å². The molecule has 1 aliphatic heterocycles. The molecule has 4 rings (SSSR count). The molecule has 1 atom stereocenters. The minimum atomic E-state index is -3.59. The van der Waals surface area contributed by atoms with E-state index in [1.54, 1.807) is 30.3 Å². The Kier molecular flexibility index (Phi) is 5.28. The SMILES string of the molecule is CS(=O)(=O)OC[C@H]1COc2cc3ncnc(Nc4cccc(Br)c4F)c3cc2O1. The monoisotopic (exact) mass is 483 g/mol. The van der Waals surface area contributed by atoms with Crippen molar-refractivity contribution in [3.05, 3.63) is 46.9 Å². The molecule has 0 bridgehead atoms. The first-order chi connectivity index (χ1) is 13.8. The van der Waals surface area contributed by atoms with Gasteiger partial charge in [-0.15, -0.1) is 0 Å². The van der Waals surface area contributed by atoms with Crippen molar-refractivity contribution in [2.75, 3.05) is 24.8 Å². The zero-order valence-corrected chi connectivity index (χ0v) is 17.5. The molecule has 0 saturated heterocycles. The summed E-state index contributed by atoms with van der Waals surface area (Å²) in [6, 6.07) is 8.23. The second kappa shape index (κ2) is 7.73. The molecule has 2 heterocycles. The zero-order chi connectivity index (χ0) is 20.6. The standard InChI is InChI=1S/C18H15BrFN3O5S/c1-29(24,25)27-8-10-7-26-15-6-14-11(5-16(15)28-10)18(22-9-21-14)23-13-4-2-3-12(19)17(13)20/h2-6,9-10H,7-8H2,1H3,(H,21,22,23)/t10-/m1/s1. The summed E-state index contributed by atoms with van der Waals surface area (Å²) in [5.41, 5.74) is 0.819. The molecule has 0 unspecified atom stereocenters. The second-order valence-corrected chi connectivity index (χ2v) is 8.80. The molecule has 152 valence electrons. The van der Waals surface area contributed by atoms with Gasteiger partial charge in [-0.1, -0.05) is 6.07 Å². The topological polar surface area (TPSA) is 99.6 Å². The molecule has 0 aliphatic carbocycles. The number of nitrogens with one attached hydrogen (secondary N) is 1. The van der Waals surface area contributed by atoms with E-state index < -0.39 is 22.0 Å². The highest BCUT2D eigenvalue weighted by Gasteiger charge is 2.24. The molecule has 11 heteroatoms. The number of hydrogen-bond donors (Lipinski definition) is 1. The van der Waals surface area contributed by atoms with E-state index in [1.807, 2.05) is 0 Å². The quantitative estimate of drug-likeness (QED) is 0.551. The first-order valence-electron chi connectivity index (χ1n) is 8.44. The zero-order valence-electron chi connectivity index (χ0n) is 15.1. The maximum atomic E-state index is 14.3. The van der Waals surface area contributed by atoms with Gasteiger partial charge < -0.3 is 14.8 Å². The molecule has 1 aliphatic rings. The van der Waals surface area contributed by atoms with Crippen LogP contribution >= 0.6 is 15.9 Å². The van der Waals surface area contributed by atoms with Gasteiger partial charge in [-0.3, -0.25) is 4.18 Å². The number of anilines is 2. The maximum absolute atomic E-state index is 14.3. The highest BCUT2D eigenvalue weighted by atomic mass is 79.9. The van der Waals surface area contributed by atoms with Gasteiger partial charge >= 0.3 is 0 Å². The molecule has 0 saturated carbocycles. The molecule has 2 aromatic carbocycles. The van der Waals surface area contributed by atoms with E-state index in [0.29, 0.717) is 32.7 Å². The number of benzene rings is 2. The normalized spacial score (nSPS) is 16.0. The molecule has 1 aromatic heterocycles. The summed E-state index contributed by atoms with van der Waals surface area (Å²) in [7, 11) is -3.59. The molecule has 8 nitrogen and oxygen atoms in total. The van der Waals surface area contributed by atoms with Crippen molar-refractivity contribution in [1.29, 1.82) is 0 Å². The summed E-state index contributed by atoms with van der Waals surface area (Å²) in [6.07, 6.45) is 1.73. The summed E-state index contributed by atoms with van der Waals surface area (Å²) < 4.78 is 53.3. The minimum absolute atomic E-state index is 0.132. The lowest BCUT2D eigenvalue weighted by Gasteiger charge is -2.26. The van der Waals surface area contributed by atoms with Crippen LogP contribution in [0.3, 0.4) is 0 Å². The van der Waals surface area contributed by atoms with Gasteiger partial charge in [0.15, 0.2) is 23.4 Å². The van der Waals surface area contributed by atoms with Crippen LogP contribution in [0.25, 0.3) is 10.9 Å². The molecule has 3 aromatic rings. The van der Waals surface area contributed by atoms with Crippen molar-refractivity contribution in [1.82, 2.24) is 9.97 Å². The van der Waals surface area contributed by atoms with Crippen molar-refractivity contribution >= 4 is 48.5 Å². The van der Waals surface area contributed by atoms with E-state index in [1.165, 1.54) is 6.33 Å². The lowest BCUT2D eigenvalue weighted by molar-refractivity contribution is 0.0560. The predicted octanol–water partition coefficient (Wildman–Crippen LogP) is 3.39. The van der Waals surface area contributed by atoms with Crippen LogP contribution in [0.2, 0.25) is 0 Å². The van der Waals surface area contributed by atoms with E-state index in [2.05, 4.69) is 31.2 Å². The van der Waals surface area contributed by atoms with E-state index >= 15 is 0 Å². The third-order valence-corrected chi connectivity index (χ3v) is 5.27. The van der Waals surface area contributed by atoms with Gasteiger partial charge in [0.2, 0.25) is 0 Å². The average molecular weight is 484 g/mol. The maximum Gasteiger partial charge on any atom is 0.264 e. The van der Waals surface area contributed by atoms with E-state index in [-0.39, 0.29) is 18.9 Å². The van der Waals surface area contributed by atoms with Gasteiger partial charge in [0, 0.05) is 11.5 Å². The number of fused-ring (bicyclic) bond motifs is 2. The first-order valence-corrected chi connectivity index (χ1v) is 11.0. The molecular formula is C18H15BrFN3O5S. The fraction of sp³-hybridized carbons (Fsp3) is 0.222. The number of halogens is 2. The molecule has 0 spiro atoms. The van der Waals surface area contributed by atoms with Crippen molar-refractivity contribution in [2.24, 2.45) is 0 Å². The third kappa shape index (κ3) is 4.41. The van der Waals surface area contributed by atoms with Crippen LogP contribution in [0.1, 0.15) is 0 Å². The highest BCUT2D eigenvalue weighted by molar-refractivity contribution is 9.10. The van der Waals surface area contributed by atoms with Gasteiger partial charge in [-0.25, -0.2) is 14.4 Å². The van der Waals surface area contributed by atoms with Crippen LogP contribution in [-0.4, -0.2) is 44.0 Å². The van der Waals surface area contributed by atoms with E-state index in [0.717, 1.165) is 6.26 Å². The van der Waals surface area contributed by atoms with Crippen LogP contribution in [0, 0.1) is 5.82 Å². The van der Waals surface area contributed by atoms with E-state index in [4.69, 9.17) is 13.7 Å². The van der Waals surface area contributed by atoms with Crippen molar-refractivity contribution in [2.45, 2.75) is 6.10 Å². The lowest BCUT2D eigenvalue weighted by atomic mass is 10.2. The Morgan fingerprint density at radius 2 is 2.14 bits per heavy atom. The predicted molar refractivity (Wildman–Crippen MR) is 108 cm³/mol. The summed E-state index contributed by atoms with van der Waals surface area (Å²) in [4.78, 5) is 8.43. The van der Waals surface area contributed by atoms with Gasteiger partial charge in [0.25, 0.3) is 10.1 Å². The Bertz CT molecular complexity index is 1190. The number of rotatable bonds is 5. The lowest BCUT2D eigenvalue weighted by Crippen LogP contribution is -2.34. The van der Waals surface area contributed by atoms with Crippen molar-refractivity contribution in [3.63, 3.8) is 0 Å². The Hall–Kier alpha value is -2.50. The van der Waals surface area contributed by atoms with Crippen LogP contribution in [0.5, 0.6) is 11.5 Å². The second-order valence-electron chi connectivity index (χ2n) is 6.30. The molecule has 0 amide bonds. The number of nitrogens with zero attached hydrogens (tertiary/aromatic N) is 2. The van der Waals surface area contributed by atoms with Gasteiger partial charge in [-0.2, -0.15) is 8.42 Å². The smallest absolute Gasteiger partial charge is 0.264 e. The summed E-state index contributed by atoms with van der Waals surface area (Å²) in [5, 5.41) is 3.54. The Morgan fingerprint density at radius 1 is 1.31 bits per heavy atom. The van der Waals surface area contributed by atoms with Crippen molar-refractivity contribution in [3.8, 4) is 11.5 Å². The Balaban J connectivity index is 1.66. The molecule has 1 N–H and O–H groups in total. The third-order valence-electron chi connectivity index (χ3n) is 4.09. The summed E-state index contributed by atoms with van der Waals surface area (Å²) in [6.45, 7) is -0.0383. The van der Waals surface area contributed by atoms with Gasteiger partial charge in [-0.05, 0) is 34.1 Å². The Labute approximate surface area is 174 Å². The average Bonchev–Trinajstić information content (AvgIpc) is 2.68. The number of aromatic nitrogens is 2. The molecular weight excluding hydrogens is 469 g/mol. The van der Waals surface area contributed by atoms with Crippen LogP contribution < -0.4 is 14.8 Å². The fourth-order valence-electron chi connectivity index (χ4n) is 2.77. The van der Waals surface area contributed by atoms with Crippen LogP contribution in [0.4, 0.5) is 15.9 Å². The molecule has 0 fully saturated rings. The fourth-order valence-corrected chi connectivity index (χ4v) is 3.54.